The third-order valence-electron chi connectivity index (χ3n) is 8.40. The molecular weight excluding hydrogens is 522 g/mol. The number of hydrogen-bond acceptors (Lipinski definition) is 7. The van der Waals surface area contributed by atoms with Crippen LogP contribution in [0.3, 0.4) is 0 Å². The molecule has 0 aromatic heterocycles. The SMILES string of the molecule is CC(C)(C)OC(=O)N1CCC(N2CCN(CCC#Cc3cccc4c3CN(C3CCC(=O)NC3=O)C4=O)CC2)CC1. The summed E-state index contributed by atoms with van der Waals surface area (Å²) in [5.74, 6) is 5.71. The number of nitrogens with one attached hydrogen (secondary N) is 1. The fraction of sp³-hybridized carbons (Fsp3) is 0.613. The molecule has 0 bridgehead atoms. The first-order valence-electron chi connectivity index (χ1n) is 14.8. The fourth-order valence-electron chi connectivity index (χ4n) is 6.17. The first-order chi connectivity index (χ1) is 19.6. The summed E-state index contributed by atoms with van der Waals surface area (Å²) in [5.41, 5.74) is 1.82. The molecule has 4 amide bonds. The van der Waals surface area contributed by atoms with Crippen LogP contribution in [0, 0.1) is 11.8 Å². The molecule has 0 saturated carbocycles. The number of ether oxygens (including phenoxy) is 1. The average Bonchev–Trinajstić information content (AvgIpc) is 3.27. The van der Waals surface area contributed by atoms with Gasteiger partial charge in [-0.15, -0.1) is 0 Å². The van der Waals surface area contributed by atoms with Crippen LogP contribution < -0.4 is 5.32 Å². The normalized spacial score (nSPS) is 22.7. The van der Waals surface area contributed by atoms with Gasteiger partial charge in [0.25, 0.3) is 5.91 Å². The number of fused-ring (bicyclic) bond motifs is 1. The van der Waals surface area contributed by atoms with Crippen molar-refractivity contribution in [1.29, 1.82) is 0 Å². The number of hydrogen-bond donors (Lipinski definition) is 1. The lowest BCUT2D eigenvalue weighted by Crippen LogP contribution is -2.54. The van der Waals surface area contributed by atoms with E-state index in [0.717, 1.165) is 76.2 Å². The summed E-state index contributed by atoms with van der Waals surface area (Å²) in [6, 6.07) is 5.45. The van der Waals surface area contributed by atoms with Gasteiger partial charge in [0.15, 0.2) is 0 Å². The van der Waals surface area contributed by atoms with E-state index in [1.54, 1.807) is 11.0 Å². The molecule has 4 aliphatic rings. The standard InChI is InChI=1S/C31H41N5O5/c1-31(2,3)41-30(40)35-15-12-23(13-16-35)34-19-17-33(18-20-34)14-5-4-7-22-8-6-9-24-25(22)21-36(29(24)39)26-10-11-27(37)32-28(26)38/h6,8-9,23,26H,5,10-21H2,1-3H3,(H,32,37,38). The Labute approximate surface area is 242 Å². The van der Waals surface area contributed by atoms with Gasteiger partial charge in [-0.1, -0.05) is 17.9 Å². The maximum Gasteiger partial charge on any atom is 0.410 e. The van der Waals surface area contributed by atoms with Crippen LogP contribution in [0.25, 0.3) is 0 Å². The highest BCUT2D eigenvalue weighted by atomic mass is 16.6. The zero-order valence-electron chi connectivity index (χ0n) is 24.4. The largest absolute Gasteiger partial charge is 0.444 e. The molecule has 10 nitrogen and oxygen atoms in total. The number of piperidine rings is 2. The zero-order chi connectivity index (χ0) is 29.1. The Morgan fingerprint density at radius 1 is 1.02 bits per heavy atom. The first-order valence-corrected chi connectivity index (χ1v) is 14.8. The third-order valence-corrected chi connectivity index (χ3v) is 8.40. The molecule has 3 fully saturated rings. The number of carbonyl (C=O) groups excluding carboxylic acids is 4. The van der Waals surface area contributed by atoms with Crippen molar-refractivity contribution >= 4 is 23.8 Å². The molecule has 1 atom stereocenters. The van der Waals surface area contributed by atoms with Gasteiger partial charge < -0.3 is 14.5 Å². The molecule has 0 aliphatic carbocycles. The Balaban J connectivity index is 1.07. The van der Waals surface area contributed by atoms with Crippen molar-refractivity contribution in [2.24, 2.45) is 0 Å². The average molecular weight is 564 g/mol. The number of benzene rings is 1. The zero-order valence-corrected chi connectivity index (χ0v) is 24.4. The van der Waals surface area contributed by atoms with E-state index in [1.165, 1.54) is 0 Å². The van der Waals surface area contributed by atoms with Gasteiger partial charge in [0, 0.05) is 82.4 Å². The molecule has 0 radical (unpaired) electrons. The molecule has 1 unspecified atom stereocenters. The Morgan fingerprint density at radius 3 is 2.44 bits per heavy atom. The molecule has 41 heavy (non-hydrogen) atoms. The number of nitrogens with zero attached hydrogens (tertiary/aromatic N) is 4. The predicted octanol–water partition coefficient (Wildman–Crippen LogP) is 2.21. The van der Waals surface area contributed by atoms with Crippen LogP contribution in [0.1, 0.15) is 74.4 Å². The molecule has 10 heteroatoms. The second-order valence-corrected chi connectivity index (χ2v) is 12.4. The molecular formula is C31H41N5O5. The van der Waals surface area contributed by atoms with E-state index in [-0.39, 0.29) is 24.3 Å². The van der Waals surface area contributed by atoms with Crippen molar-refractivity contribution in [3.63, 3.8) is 0 Å². The van der Waals surface area contributed by atoms with Crippen molar-refractivity contribution in [2.45, 2.75) is 77.1 Å². The summed E-state index contributed by atoms with van der Waals surface area (Å²) in [6.07, 6.45) is 3.09. The minimum absolute atomic E-state index is 0.175. The van der Waals surface area contributed by atoms with Gasteiger partial charge in [0.1, 0.15) is 11.6 Å². The molecule has 1 aromatic carbocycles. The lowest BCUT2D eigenvalue weighted by Gasteiger charge is -2.42. The number of rotatable bonds is 4. The summed E-state index contributed by atoms with van der Waals surface area (Å²) in [6.45, 7) is 12.5. The maximum atomic E-state index is 13.0. The Morgan fingerprint density at radius 2 is 1.76 bits per heavy atom. The van der Waals surface area contributed by atoms with Gasteiger partial charge in [-0.25, -0.2) is 4.79 Å². The highest BCUT2D eigenvalue weighted by molar-refractivity contribution is 6.05. The minimum atomic E-state index is -0.621. The quantitative estimate of drug-likeness (QED) is 0.443. The van der Waals surface area contributed by atoms with E-state index >= 15 is 0 Å². The van der Waals surface area contributed by atoms with Crippen LogP contribution in [-0.4, -0.2) is 107 Å². The highest BCUT2D eigenvalue weighted by Crippen LogP contribution is 2.29. The summed E-state index contributed by atoms with van der Waals surface area (Å²) in [4.78, 5) is 57.7. The van der Waals surface area contributed by atoms with Crippen LogP contribution in [0.15, 0.2) is 18.2 Å². The van der Waals surface area contributed by atoms with E-state index in [0.29, 0.717) is 24.6 Å². The van der Waals surface area contributed by atoms with Gasteiger partial charge in [0.2, 0.25) is 11.8 Å². The van der Waals surface area contributed by atoms with Crippen LogP contribution in [0.5, 0.6) is 0 Å². The molecule has 5 rings (SSSR count). The smallest absolute Gasteiger partial charge is 0.410 e. The third kappa shape index (κ3) is 6.91. The molecule has 3 saturated heterocycles. The van der Waals surface area contributed by atoms with Gasteiger partial charge in [-0.2, -0.15) is 0 Å². The molecule has 4 heterocycles. The lowest BCUT2D eigenvalue weighted by molar-refractivity contribution is -0.136. The van der Waals surface area contributed by atoms with Crippen molar-refractivity contribution in [1.82, 2.24) is 24.9 Å². The summed E-state index contributed by atoms with van der Waals surface area (Å²) < 4.78 is 5.52. The van der Waals surface area contributed by atoms with E-state index in [2.05, 4.69) is 27.0 Å². The lowest BCUT2D eigenvalue weighted by atomic mass is 10.0. The number of carbonyl (C=O) groups is 4. The van der Waals surface area contributed by atoms with Crippen LogP contribution in [0.2, 0.25) is 0 Å². The van der Waals surface area contributed by atoms with Gasteiger partial charge >= 0.3 is 6.09 Å². The van der Waals surface area contributed by atoms with Gasteiger partial charge in [-0.3, -0.25) is 29.5 Å². The van der Waals surface area contributed by atoms with E-state index in [4.69, 9.17) is 4.74 Å². The Kier molecular flexibility index (Phi) is 8.66. The van der Waals surface area contributed by atoms with Crippen LogP contribution in [-0.2, 0) is 20.9 Å². The first kappa shape index (κ1) is 29.1. The van der Waals surface area contributed by atoms with Crippen molar-refractivity contribution in [3.05, 3.63) is 34.9 Å². The van der Waals surface area contributed by atoms with E-state index in [1.807, 2.05) is 37.8 Å². The molecule has 4 aliphatic heterocycles. The number of piperazine rings is 1. The van der Waals surface area contributed by atoms with Gasteiger partial charge in [0.05, 0.1) is 0 Å². The summed E-state index contributed by atoms with van der Waals surface area (Å²) >= 11 is 0. The Hall–Kier alpha value is -3.42. The van der Waals surface area contributed by atoms with Gasteiger partial charge in [-0.05, 0) is 57.7 Å². The fourth-order valence-corrected chi connectivity index (χ4v) is 6.17. The summed E-state index contributed by atoms with van der Waals surface area (Å²) in [5, 5.41) is 2.35. The second kappa shape index (κ2) is 12.2. The van der Waals surface area contributed by atoms with Crippen molar-refractivity contribution in [3.8, 4) is 11.8 Å². The predicted molar refractivity (Wildman–Crippen MR) is 153 cm³/mol. The molecule has 1 N–H and O–H groups in total. The number of imide groups is 1. The molecule has 0 spiro atoms. The van der Waals surface area contributed by atoms with Crippen molar-refractivity contribution < 1.29 is 23.9 Å². The Bertz CT molecular complexity index is 1250. The van der Waals surface area contributed by atoms with Crippen LogP contribution in [0.4, 0.5) is 4.79 Å². The van der Waals surface area contributed by atoms with E-state index < -0.39 is 17.6 Å². The monoisotopic (exact) mass is 563 g/mol. The van der Waals surface area contributed by atoms with Crippen molar-refractivity contribution in [2.75, 3.05) is 45.8 Å². The topological polar surface area (TPSA) is 102 Å². The van der Waals surface area contributed by atoms with E-state index in [9.17, 15) is 19.2 Å². The minimum Gasteiger partial charge on any atom is -0.444 e. The second-order valence-electron chi connectivity index (χ2n) is 12.4. The summed E-state index contributed by atoms with van der Waals surface area (Å²) in [7, 11) is 0. The van der Waals surface area contributed by atoms with Crippen LogP contribution >= 0.6 is 0 Å². The molecule has 1 aromatic rings. The maximum absolute atomic E-state index is 13.0. The highest BCUT2D eigenvalue weighted by Gasteiger charge is 2.39. The number of likely N-dealkylation sites (tertiary alicyclic amines) is 1. The number of amides is 4. The molecule has 220 valence electrons.